The maximum absolute atomic E-state index is 12.1. The molecule has 1 unspecified atom stereocenters. The fourth-order valence-electron chi connectivity index (χ4n) is 2.35. The lowest BCUT2D eigenvalue weighted by Gasteiger charge is -2.25. The standard InChI is InChI=1S/C15H17N5O3S/c1-15(2)12(22)20(14(23)19-15)7-11(21)18-13-17-10(8-24-13)9-5-3-4-6-16-9/h3-6,8,12,22H,7H2,1-2H3,(H,19,23)(H,17,18,21). The maximum Gasteiger partial charge on any atom is 0.320 e. The average Bonchev–Trinajstić information content (AvgIpc) is 3.07. The minimum absolute atomic E-state index is 0.255. The molecule has 3 rings (SSSR count). The Kier molecular flexibility index (Phi) is 4.20. The lowest BCUT2D eigenvalue weighted by Crippen LogP contribution is -2.46. The number of nitrogens with one attached hydrogen (secondary N) is 2. The van der Waals surface area contributed by atoms with E-state index < -0.39 is 23.7 Å². The lowest BCUT2D eigenvalue weighted by atomic mass is 10.1. The summed E-state index contributed by atoms with van der Waals surface area (Å²) in [7, 11) is 0. The van der Waals surface area contributed by atoms with Gasteiger partial charge in [-0.1, -0.05) is 6.07 Å². The van der Waals surface area contributed by atoms with Crippen molar-refractivity contribution in [1.29, 1.82) is 0 Å². The van der Waals surface area contributed by atoms with Crippen LogP contribution in [0, 0.1) is 0 Å². The second-order valence-electron chi connectivity index (χ2n) is 5.95. The van der Waals surface area contributed by atoms with Gasteiger partial charge < -0.3 is 15.7 Å². The van der Waals surface area contributed by atoms with Crippen molar-refractivity contribution in [1.82, 2.24) is 20.2 Å². The summed E-state index contributed by atoms with van der Waals surface area (Å²) in [4.78, 5) is 33.5. The van der Waals surface area contributed by atoms with Gasteiger partial charge in [0, 0.05) is 11.6 Å². The predicted molar refractivity (Wildman–Crippen MR) is 89.3 cm³/mol. The van der Waals surface area contributed by atoms with Crippen molar-refractivity contribution in [3.05, 3.63) is 29.8 Å². The van der Waals surface area contributed by atoms with Crippen molar-refractivity contribution < 1.29 is 14.7 Å². The van der Waals surface area contributed by atoms with E-state index in [1.807, 2.05) is 18.2 Å². The number of amides is 3. The number of aliphatic hydroxyl groups is 1. The molecule has 1 atom stereocenters. The Hall–Kier alpha value is -2.52. The van der Waals surface area contributed by atoms with Crippen LogP contribution in [0.15, 0.2) is 29.8 Å². The predicted octanol–water partition coefficient (Wildman–Crippen LogP) is 1.27. The van der Waals surface area contributed by atoms with Crippen molar-refractivity contribution in [2.24, 2.45) is 0 Å². The number of pyridine rings is 1. The zero-order chi connectivity index (χ0) is 17.3. The lowest BCUT2D eigenvalue weighted by molar-refractivity contribution is -0.118. The number of carbonyl (C=O) groups excluding carboxylic acids is 2. The monoisotopic (exact) mass is 347 g/mol. The van der Waals surface area contributed by atoms with Gasteiger partial charge in [0.05, 0.1) is 11.2 Å². The Morgan fingerprint density at radius 2 is 2.25 bits per heavy atom. The van der Waals surface area contributed by atoms with E-state index >= 15 is 0 Å². The van der Waals surface area contributed by atoms with Crippen molar-refractivity contribution in [2.75, 3.05) is 11.9 Å². The summed E-state index contributed by atoms with van der Waals surface area (Å²) < 4.78 is 0. The first kappa shape index (κ1) is 16.3. The molecule has 0 saturated carbocycles. The number of anilines is 1. The first-order valence-electron chi connectivity index (χ1n) is 7.30. The molecule has 0 aromatic carbocycles. The second kappa shape index (κ2) is 6.17. The summed E-state index contributed by atoms with van der Waals surface area (Å²) in [5.74, 6) is -0.427. The molecule has 0 bridgehead atoms. The van der Waals surface area contributed by atoms with Gasteiger partial charge in [0.2, 0.25) is 5.91 Å². The van der Waals surface area contributed by atoms with E-state index in [9.17, 15) is 14.7 Å². The van der Waals surface area contributed by atoms with E-state index in [4.69, 9.17) is 0 Å². The van der Waals surface area contributed by atoms with Crippen LogP contribution in [0.1, 0.15) is 13.8 Å². The van der Waals surface area contributed by atoms with E-state index in [0.29, 0.717) is 16.5 Å². The van der Waals surface area contributed by atoms with E-state index in [0.717, 1.165) is 4.90 Å². The Morgan fingerprint density at radius 3 is 2.88 bits per heavy atom. The average molecular weight is 347 g/mol. The number of nitrogens with zero attached hydrogens (tertiary/aromatic N) is 3. The van der Waals surface area contributed by atoms with Crippen LogP contribution in [0.3, 0.4) is 0 Å². The molecule has 2 aromatic heterocycles. The van der Waals surface area contributed by atoms with Gasteiger partial charge in [-0.15, -0.1) is 11.3 Å². The number of urea groups is 1. The highest BCUT2D eigenvalue weighted by molar-refractivity contribution is 7.14. The van der Waals surface area contributed by atoms with Crippen molar-refractivity contribution in [3.63, 3.8) is 0 Å². The van der Waals surface area contributed by atoms with E-state index in [1.54, 1.807) is 25.4 Å². The normalized spacial score (nSPS) is 19.2. The van der Waals surface area contributed by atoms with Gasteiger partial charge in [0.25, 0.3) is 0 Å². The second-order valence-corrected chi connectivity index (χ2v) is 6.81. The summed E-state index contributed by atoms with van der Waals surface area (Å²) in [6, 6.07) is 5.02. The fourth-order valence-corrected chi connectivity index (χ4v) is 3.07. The molecule has 126 valence electrons. The summed E-state index contributed by atoms with van der Waals surface area (Å²) in [5.41, 5.74) is 0.575. The van der Waals surface area contributed by atoms with E-state index in [1.165, 1.54) is 11.3 Å². The van der Waals surface area contributed by atoms with Crippen LogP contribution in [0.2, 0.25) is 0 Å². The van der Waals surface area contributed by atoms with Crippen molar-refractivity contribution >= 4 is 28.4 Å². The van der Waals surface area contributed by atoms with Gasteiger partial charge in [0.1, 0.15) is 12.2 Å². The fraction of sp³-hybridized carbons (Fsp3) is 0.333. The molecular formula is C15H17N5O3S. The third-order valence-electron chi connectivity index (χ3n) is 3.62. The molecule has 2 aromatic rings. The summed E-state index contributed by atoms with van der Waals surface area (Å²) in [6.45, 7) is 3.12. The number of rotatable bonds is 4. The number of aromatic nitrogens is 2. The van der Waals surface area contributed by atoms with Crippen LogP contribution in [-0.4, -0.2) is 50.2 Å². The van der Waals surface area contributed by atoms with Gasteiger partial charge in [-0.25, -0.2) is 9.78 Å². The topological polar surface area (TPSA) is 107 Å². The van der Waals surface area contributed by atoms with Crippen LogP contribution in [0.25, 0.3) is 11.4 Å². The Labute approximate surface area is 142 Å². The van der Waals surface area contributed by atoms with Crippen LogP contribution >= 0.6 is 11.3 Å². The van der Waals surface area contributed by atoms with Gasteiger partial charge >= 0.3 is 6.03 Å². The van der Waals surface area contributed by atoms with E-state index in [-0.39, 0.29) is 6.54 Å². The van der Waals surface area contributed by atoms with Crippen molar-refractivity contribution in [3.8, 4) is 11.4 Å². The summed E-state index contributed by atoms with van der Waals surface area (Å²) in [6.07, 6.45) is 0.596. The quantitative estimate of drug-likeness (QED) is 0.772. The number of thiazole rings is 1. The maximum atomic E-state index is 12.1. The summed E-state index contributed by atoms with van der Waals surface area (Å²) in [5, 5.41) is 17.6. The highest BCUT2D eigenvalue weighted by Gasteiger charge is 2.44. The Bertz CT molecular complexity index is 761. The number of aliphatic hydroxyl groups excluding tert-OH is 1. The zero-order valence-electron chi connectivity index (χ0n) is 13.2. The van der Waals surface area contributed by atoms with Gasteiger partial charge in [-0.05, 0) is 26.0 Å². The third kappa shape index (κ3) is 3.22. The smallest absolute Gasteiger partial charge is 0.320 e. The van der Waals surface area contributed by atoms with Gasteiger partial charge in [-0.2, -0.15) is 0 Å². The third-order valence-corrected chi connectivity index (χ3v) is 4.38. The molecule has 0 radical (unpaired) electrons. The number of hydrogen-bond donors (Lipinski definition) is 3. The summed E-state index contributed by atoms with van der Waals surface area (Å²) >= 11 is 1.27. The largest absolute Gasteiger partial charge is 0.371 e. The molecule has 9 heteroatoms. The number of hydrogen-bond acceptors (Lipinski definition) is 6. The molecule has 1 fully saturated rings. The zero-order valence-corrected chi connectivity index (χ0v) is 14.0. The highest BCUT2D eigenvalue weighted by Crippen LogP contribution is 2.24. The molecule has 24 heavy (non-hydrogen) atoms. The first-order valence-corrected chi connectivity index (χ1v) is 8.18. The highest BCUT2D eigenvalue weighted by atomic mass is 32.1. The molecule has 1 aliphatic heterocycles. The first-order chi connectivity index (χ1) is 11.4. The Morgan fingerprint density at radius 1 is 1.46 bits per heavy atom. The van der Waals surface area contributed by atoms with E-state index in [2.05, 4.69) is 20.6 Å². The molecular weight excluding hydrogens is 330 g/mol. The Balaban J connectivity index is 1.64. The molecule has 0 spiro atoms. The number of carbonyl (C=O) groups is 2. The van der Waals surface area contributed by atoms with Crippen molar-refractivity contribution in [2.45, 2.75) is 25.6 Å². The molecule has 8 nitrogen and oxygen atoms in total. The molecule has 3 amide bonds. The van der Waals surface area contributed by atoms with Gasteiger partial charge in [-0.3, -0.25) is 14.7 Å². The molecule has 3 heterocycles. The molecule has 0 aliphatic carbocycles. The SMILES string of the molecule is CC1(C)NC(=O)N(CC(=O)Nc2nc(-c3ccccn3)cs2)C1O. The minimum atomic E-state index is -1.07. The van der Waals surface area contributed by atoms with Crippen LogP contribution in [0.4, 0.5) is 9.93 Å². The molecule has 3 N–H and O–H groups in total. The van der Waals surface area contributed by atoms with Crippen LogP contribution in [0.5, 0.6) is 0 Å². The van der Waals surface area contributed by atoms with Crippen LogP contribution < -0.4 is 10.6 Å². The van der Waals surface area contributed by atoms with Crippen LogP contribution in [-0.2, 0) is 4.79 Å². The molecule has 1 aliphatic rings. The van der Waals surface area contributed by atoms with Gasteiger partial charge in [0.15, 0.2) is 11.4 Å². The molecule has 1 saturated heterocycles. The minimum Gasteiger partial charge on any atom is -0.371 e.